The van der Waals surface area contributed by atoms with Crippen LogP contribution in [0.15, 0.2) is 86.0 Å². The van der Waals surface area contributed by atoms with Gasteiger partial charge in [-0.1, -0.05) is 49.5 Å². The second kappa shape index (κ2) is 8.61. The molecule has 1 unspecified atom stereocenters. The van der Waals surface area contributed by atoms with Crippen molar-refractivity contribution < 1.29 is 23.4 Å². The minimum Gasteiger partial charge on any atom is -0.441 e. The summed E-state index contributed by atoms with van der Waals surface area (Å²) >= 11 is 5.93. The lowest BCUT2D eigenvalue weighted by Crippen LogP contribution is -2.45. The van der Waals surface area contributed by atoms with Gasteiger partial charge in [0, 0.05) is 23.7 Å². The van der Waals surface area contributed by atoms with Crippen molar-refractivity contribution in [2.75, 3.05) is 13.1 Å². The average Bonchev–Trinajstić information content (AvgIpc) is 3.26. The molecule has 0 N–H and O–H groups in total. The molecular formula is C28H25ClFNO4. The molecule has 7 heteroatoms. The van der Waals surface area contributed by atoms with Gasteiger partial charge in [-0.15, -0.1) is 0 Å². The number of fused-ring (bicyclic) bond motifs is 1. The van der Waals surface area contributed by atoms with Crippen LogP contribution >= 0.6 is 11.6 Å². The molecule has 2 aromatic carbocycles. The molecule has 2 aromatic rings. The van der Waals surface area contributed by atoms with Gasteiger partial charge in [0.25, 0.3) is 0 Å². The van der Waals surface area contributed by atoms with Crippen LogP contribution in [0.3, 0.4) is 0 Å². The zero-order chi connectivity index (χ0) is 24.8. The fourth-order valence-corrected chi connectivity index (χ4v) is 4.90. The van der Waals surface area contributed by atoms with E-state index in [4.69, 9.17) is 25.8 Å². The van der Waals surface area contributed by atoms with Crippen molar-refractivity contribution >= 4 is 17.7 Å². The van der Waals surface area contributed by atoms with Crippen LogP contribution in [0, 0.1) is 5.82 Å². The molecule has 2 heterocycles. The Bertz CT molecular complexity index is 1270. The van der Waals surface area contributed by atoms with Crippen LogP contribution in [-0.2, 0) is 10.5 Å². The van der Waals surface area contributed by atoms with Crippen LogP contribution in [0.2, 0.25) is 5.02 Å². The minimum atomic E-state index is -1.49. The summed E-state index contributed by atoms with van der Waals surface area (Å²) in [6, 6.07) is 10.0. The summed E-state index contributed by atoms with van der Waals surface area (Å²) in [5.74, 6) is -0.832. The predicted molar refractivity (Wildman–Crippen MR) is 132 cm³/mol. The quantitative estimate of drug-likeness (QED) is 0.437. The summed E-state index contributed by atoms with van der Waals surface area (Å²) in [6.07, 6.45) is 7.63. The van der Waals surface area contributed by atoms with Gasteiger partial charge >= 0.3 is 11.9 Å². The molecule has 1 amide bonds. The molecule has 1 aliphatic carbocycles. The number of halogens is 2. The second-order valence-electron chi connectivity index (χ2n) is 8.86. The lowest BCUT2D eigenvalue weighted by Gasteiger charge is -2.38. The molecule has 0 bridgehead atoms. The van der Waals surface area contributed by atoms with E-state index < -0.39 is 23.3 Å². The van der Waals surface area contributed by atoms with Gasteiger partial charge in [-0.2, -0.15) is 0 Å². The number of hydrogen-bond donors (Lipinski definition) is 0. The predicted octanol–water partition coefficient (Wildman–Crippen LogP) is 6.66. The molecule has 3 aliphatic rings. The Labute approximate surface area is 208 Å². The molecule has 5 rings (SSSR count). The average molecular weight is 494 g/mol. The highest BCUT2D eigenvalue weighted by Gasteiger charge is 2.45. The summed E-state index contributed by atoms with van der Waals surface area (Å²) < 4.78 is 32.8. The van der Waals surface area contributed by atoms with Crippen molar-refractivity contribution in [3.05, 3.63) is 108 Å². The fourth-order valence-electron chi connectivity index (χ4n) is 4.74. The van der Waals surface area contributed by atoms with E-state index >= 15 is 0 Å². The van der Waals surface area contributed by atoms with Gasteiger partial charge in [0.1, 0.15) is 5.82 Å². The second-order valence-corrected chi connectivity index (χ2v) is 9.30. The van der Waals surface area contributed by atoms with E-state index in [1.807, 2.05) is 12.1 Å². The van der Waals surface area contributed by atoms with Gasteiger partial charge < -0.3 is 19.1 Å². The Morgan fingerprint density at radius 1 is 1.17 bits per heavy atom. The standard InChI is InChI=1S/C28H25ClFNO4/c1-4-27(14-11-18(27)3)35-26(32)31-15-12-19(13-16-31)21-7-6-8-24-25(21)34-28(5-2,33-24)22-10-9-20(29)17-23(22)30/h4-11,14,17,19H,1-3,12-13,15-16H2/t27?,28-/m1/s1. The molecule has 1 fully saturated rings. The first-order valence-electron chi connectivity index (χ1n) is 11.4. The van der Waals surface area contributed by atoms with Crippen molar-refractivity contribution in [2.45, 2.75) is 30.1 Å². The van der Waals surface area contributed by atoms with Gasteiger partial charge in [-0.3, -0.25) is 0 Å². The number of ether oxygens (including phenoxy) is 3. The highest BCUT2D eigenvalue weighted by Crippen LogP contribution is 2.50. The van der Waals surface area contributed by atoms with Crippen LogP contribution in [0.1, 0.15) is 29.9 Å². The highest BCUT2D eigenvalue weighted by molar-refractivity contribution is 6.30. The molecule has 5 nitrogen and oxygen atoms in total. The molecule has 0 aromatic heterocycles. The van der Waals surface area contributed by atoms with Crippen LogP contribution in [0.25, 0.3) is 0 Å². The zero-order valence-corrected chi connectivity index (χ0v) is 19.9. The number of amides is 1. The molecule has 0 spiro atoms. The number of rotatable bonds is 5. The van der Waals surface area contributed by atoms with Crippen LogP contribution in [-0.4, -0.2) is 29.7 Å². The monoisotopic (exact) mass is 493 g/mol. The third kappa shape index (κ3) is 3.82. The smallest absolute Gasteiger partial charge is 0.411 e. The van der Waals surface area contributed by atoms with Crippen LogP contribution < -0.4 is 9.47 Å². The SMILES string of the molecule is C=CC1(OC(=O)N2CCC(c3cccc4c3O[C@](C=C)(c3ccc(Cl)cc3F)O4)CC2)C=CC1=C. The van der Waals surface area contributed by atoms with Crippen molar-refractivity contribution in [1.82, 2.24) is 4.90 Å². The minimum absolute atomic E-state index is 0.125. The third-order valence-electron chi connectivity index (χ3n) is 6.89. The molecule has 0 radical (unpaired) electrons. The summed E-state index contributed by atoms with van der Waals surface area (Å²) in [6.45, 7) is 12.6. The number of carbonyl (C=O) groups excluding carboxylic acids is 1. The molecular weight excluding hydrogens is 469 g/mol. The first-order valence-corrected chi connectivity index (χ1v) is 11.8. The van der Waals surface area contributed by atoms with E-state index in [1.54, 1.807) is 35.3 Å². The van der Waals surface area contributed by atoms with Gasteiger partial charge in [-0.25, -0.2) is 9.18 Å². The number of piperidine rings is 1. The molecule has 2 atom stereocenters. The number of benzene rings is 2. The van der Waals surface area contributed by atoms with E-state index in [0.29, 0.717) is 43.0 Å². The summed E-state index contributed by atoms with van der Waals surface area (Å²) in [5, 5.41) is 0.281. The number of nitrogens with zero attached hydrogens (tertiary/aromatic N) is 1. The van der Waals surface area contributed by atoms with Crippen molar-refractivity contribution in [1.29, 1.82) is 0 Å². The maximum atomic E-state index is 14.8. The number of likely N-dealkylation sites (tertiary alicyclic amines) is 1. The summed E-state index contributed by atoms with van der Waals surface area (Å²) in [5.41, 5.74) is 0.936. The van der Waals surface area contributed by atoms with Gasteiger partial charge in [0.05, 0.1) is 5.56 Å². The van der Waals surface area contributed by atoms with Crippen LogP contribution in [0.4, 0.5) is 9.18 Å². The molecule has 1 saturated heterocycles. The number of carbonyl (C=O) groups is 1. The van der Waals surface area contributed by atoms with Crippen molar-refractivity contribution in [2.24, 2.45) is 0 Å². The Morgan fingerprint density at radius 2 is 1.94 bits per heavy atom. The van der Waals surface area contributed by atoms with E-state index in [9.17, 15) is 9.18 Å². The van der Waals surface area contributed by atoms with E-state index in [0.717, 1.165) is 5.56 Å². The van der Waals surface area contributed by atoms with E-state index in [1.165, 1.54) is 18.2 Å². The maximum Gasteiger partial charge on any atom is 0.411 e. The lowest BCUT2D eigenvalue weighted by atomic mass is 9.84. The number of hydrogen-bond acceptors (Lipinski definition) is 4. The fraction of sp³-hybridized carbons (Fsp3) is 0.250. The van der Waals surface area contributed by atoms with Gasteiger partial charge in [0.2, 0.25) is 0 Å². The van der Waals surface area contributed by atoms with E-state index in [2.05, 4.69) is 19.7 Å². The van der Waals surface area contributed by atoms with Crippen molar-refractivity contribution in [3.8, 4) is 11.5 Å². The lowest BCUT2D eigenvalue weighted by molar-refractivity contribution is -0.0412. The normalized spacial score (nSPS) is 25.2. The Kier molecular flexibility index (Phi) is 5.72. The molecule has 180 valence electrons. The maximum absolute atomic E-state index is 14.8. The topological polar surface area (TPSA) is 48.0 Å². The van der Waals surface area contributed by atoms with Gasteiger partial charge in [0.15, 0.2) is 17.1 Å². The number of para-hydroxylation sites is 1. The van der Waals surface area contributed by atoms with E-state index in [-0.39, 0.29) is 16.5 Å². The third-order valence-corrected chi connectivity index (χ3v) is 7.12. The Morgan fingerprint density at radius 3 is 2.54 bits per heavy atom. The Balaban J connectivity index is 1.32. The Hall–Kier alpha value is -3.51. The highest BCUT2D eigenvalue weighted by atomic mass is 35.5. The van der Waals surface area contributed by atoms with Crippen LogP contribution in [0.5, 0.6) is 11.5 Å². The zero-order valence-electron chi connectivity index (χ0n) is 19.1. The molecule has 35 heavy (non-hydrogen) atoms. The molecule has 2 aliphatic heterocycles. The summed E-state index contributed by atoms with van der Waals surface area (Å²) in [7, 11) is 0. The molecule has 0 saturated carbocycles. The van der Waals surface area contributed by atoms with Crippen molar-refractivity contribution in [3.63, 3.8) is 0 Å². The largest absolute Gasteiger partial charge is 0.441 e. The first-order chi connectivity index (χ1) is 16.8. The first kappa shape index (κ1) is 23.2. The van der Waals surface area contributed by atoms with Gasteiger partial charge in [-0.05, 0) is 66.8 Å². The summed E-state index contributed by atoms with van der Waals surface area (Å²) in [4.78, 5) is 14.5.